The summed E-state index contributed by atoms with van der Waals surface area (Å²) in [6, 6.07) is 18.3. The lowest BCUT2D eigenvalue weighted by Gasteiger charge is -2.22. The lowest BCUT2D eigenvalue weighted by Crippen LogP contribution is -2.08. The second-order valence-electron chi connectivity index (χ2n) is 8.45. The SMILES string of the molecule is C=Cc1c(N)ccc(N=Nc2ccc(C(=O)Oc3ccc(C4CCCCC4)cc3)cc2)c1C=C. The van der Waals surface area contributed by atoms with Crippen LogP contribution in [0.25, 0.3) is 12.2 Å². The Kier molecular flexibility index (Phi) is 7.33. The van der Waals surface area contributed by atoms with Crippen LogP contribution in [0.15, 0.2) is 84.1 Å². The molecule has 0 amide bonds. The van der Waals surface area contributed by atoms with Crippen molar-refractivity contribution in [2.45, 2.75) is 38.0 Å². The highest BCUT2D eigenvalue weighted by Gasteiger charge is 2.16. The molecule has 0 radical (unpaired) electrons. The van der Waals surface area contributed by atoms with E-state index < -0.39 is 5.97 Å². The van der Waals surface area contributed by atoms with Gasteiger partial charge in [0.15, 0.2) is 0 Å². The number of azo groups is 1. The first-order valence-electron chi connectivity index (χ1n) is 11.6. The Hall–Kier alpha value is -3.99. The maximum atomic E-state index is 12.6. The summed E-state index contributed by atoms with van der Waals surface area (Å²) in [5.41, 5.74) is 11.2. The summed E-state index contributed by atoms with van der Waals surface area (Å²) in [5, 5.41) is 8.60. The summed E-state index contributed by atoms with van der Waals surface area (Å²) in [6.45, 7) is 7.63. The number of anilines is 1. The number of nitrogen functional groups attached to an aromatic ring is 1. The molecule has 5 nitrogen and oxygen atoms in total. The predicted octanol–water partition coefficient (Wildman–Crippen LogP) is 8.24. The van der Waals surface area contributed by atoms with Gasteiger partial charge in [-0.1, -0.05) is 56.7 Å². The van der Waals surface area contributed by atoms with E-state index in [-0.39, 0.29) is 0 Å². The average Bonchev–Trinajstić information content (AvgIpc) is 2.89. The molecule has 1 aliphatic rings. The van der Waals surface area contributed by atoms with Crippen molar-refractivity contribution in [1.82, 2.24) is 0 Å². The molecule has 1 aliphatic carbocycles. The summed E-state index contributed by atoms with van der Waals surface area (Å²) in [5.74, 6) is 0.767. The number of carbonyl (C=O) groups is 1. The third-order valence-electron chi connectivity index (χ3n) is 6.25. The van der Waals surface area contributed by atoms with Gasteiger partial charge in [-0.2, -0.15) is 5.11 Å². The van der Waals surface area contributed by atoms with Gasteiger partial charge in [-0.05, 0) is 72.9 Å². The van der Waals surface area contributed by atoms with Gasteiger partial charge in [-0.25, -0.2) is 4.79 Å². The number of hydrogen-bond acceptors (Lipinski definition) is 5. The highest BCUT2D eigenvalue weighted by atomic mass is 16.5. The molecule has 172 valence electrons. The van der Waals surface area contributed by atoms with Gasteiger partial charge >= 0.3 is 5.97 Å². The first-order chi connectivity index (χ1) is 16.6. The van der Waals surface area contributed by atoms with E-state index in [4.69, 9.17) is 10.5 Å². The molecular weight excluding hydrogens is 422 g/mol. The maximum Gasteiger partial charge on any atom is 0.343 e. The van der Waals surface area contributed by atoms with E-state index in [0.29, 0.717) is 34.3 Å². The molecule has 3 aromatic rings. The topological polar surface area (TPSA) is 77.0 Å². The van der Waals surface area contributed by atoms with Gasteiger partial charge in [0.1, 0.15) is 5.75 Å². The molecule has 34 heavy (non-hydrogen) atoms. The van der Waals surface area contributed by atoms with E-state index >= 15 is 0 Å². The molecule has 1 fully saturated rings. The van der Waals surface area contributed by atoms with Crippen molar-refractivity contribution in [1.29, 1.82) is 0 Å². The third kappa shape index (κ3) is 5.31. The number of hydrogen-bond donors (Lipinski definition) is 1. The van der Waals surface area contributed by atoms with Crippen LogP contribution in [-0.4, -0.2) is 5.97 Å². The minimum absolute atomic E-state index is 0.406. The molecule has 5 heteroatoms. The molecule has 0 saturated heterocycles. The number of esters is 1. The first-order valence-corrected chi connectivity index (χ1v) is 11.6. The summed E-state index contributed by atoms with van der Waals surface area (Å²) in [4.78, 5) is 12.6. The van der Waals surface area contributed by atoms with Crippen LogP contribution in [0.2, 0.25) is 0 Å². The number of nitrogens with zero attached hydrogens (tertiary/aromatic N) is 2. The molecular formula is C29H29N3O2. The lowest BCUT2D eigenvalue weighted by molar-refractivity contribution is 0.0734. The minimum Gasteiger partial charge on any atom is -0.423 e. The second-order valence-corrected chi connectivity index (χ2v) is 8.45. The van der Waals surface area contributed by atoms with Crippen LogP contribution in [0.4, 0.5) is 17.1 Å². The Morgan fingerprint density at radius 2 is 1.53 bits per heavy atom. The molecule has 0 heterocycles. The fourth-order valence-corrected chi connectivity index (χ4v) is 4.36. The Bertz CT molecular complexity index is 1210. The first kappa shape index (κ1) is 23.2. The summed E-state index contributed by atoms with van der Waals surface area (Å²) >= 11 is 0. The molecule has 0 spiro atoms. The third-order valence-corrected chi connectivity index (χ3v) is 6.25. The summed E-state index contributed by atoms with van der Waals surface area (Å²) < 4.78 is 5.55. The predicted molar refractivity (Wildman–Crippen MR) is 139 cm³/mol. The van der Waals surface area contributed by atoms with Gasteiger partial charge in [-0.3, -0.25) is 0 Å². The molecule has 0 aromatic heterocycles. The van der Waals surface area contributed by atoms with E-state index in [1.165, 1.54) is 37.7 Å². The summed E-state index contributed by atoms with van der Waals surface area (Å²) in [6.07, 6.45) is 9.76. The van der Waals surface area contributed by atoms with Crippen LogP contribution in [0.1, 0.15) is 65.1 Å². The average molecular weight is 452 g/mol. The van der Waals surface area contributed by atoms with Gasteiger partial charge in [0.05, 0.1) is 16.9 Å². The largest absolute Gasteiger partial charge is 0.423 e. The molecule has 1 saturated carbocycles. The standard InChI is InChI=1S/C29H29N3O2/c1-3-25-26(4-2)28(19-18-27(25)30)32-31-23-14-10-22(11-15-23)29(33)34-24-16-12-21(13-17-24)20-8-6-5-7-9-20/h3-4,10-20H,1-2,5-9,30H2. The molecule has 3 aromatic carbocycles. The Morgan fingerprint density at radius 3 is 2.18 bits per heavy atom. The fourth-order valence-electron chi connectivity index (χ4n) is 4.36. The number of nitrogens with two attached hydrogens (primary N) is 1. The van der Waals surface area contributed by atoms with Gasteiger partial charge in [-0.15, -0.1) is 5.11 Å². The molecule has 0 bridgehead atoms. The quantitative estimate of drug-likeness (QED) is 0.170. The van der Waals surface area contributed by atoms with Gasteiger partial charge in [0.25, 0.3) is 0 Å². The Morgan fingerprint density at radius 1 is 0.853 bits per heavy atom. The monoisotopic (exact) mass is 451 g/mol. The Labute approximate surface area is 200 Å². The van der Waals surface area contributed by atoms with E-state index in [2.05, 4.69) is 35.5 Å². The lowest BCUT2D eigenvalue weighted by atomic mass is 9.84. The molecule has 0 atom stereocenters. The zero-order valence-corrected chi connectivity index (χ0v) is 19.2. The highest BCUT2D eigenvalue weighted by Crippen LogP contribution is 2.33. The van der Waals surface area contributed by atoms with Gasteiger partial charge in [0, 0.05) is 16.8 Å². The van der Waals surface area contributed by atoms with Crippen LogP contribution >= 0.6 is 0 Å². The van der Waals surface area contributed by atoms with E-state index in [0.717, 1.165) is 11.1 Å². The normalized spacial score (nSPS) is 14.1. The zero-order valence-electron chi connectivity index (χ0n) is 19.2. The molecule has 0 aliphatic heterocycles. The van der Waals surface area contributed by atoms with Crippen molar-refractivity contribution >= 4 is 35.2 Å². The fraction of sp³-hybridized carbons (Fsp3) is 0.207. The van der Waals surface area contributed by atoms with Crippen molar-refractivity contribution < 1.29 is 9.53 Å². The van der Waals surface area contributed by atoms with E-state index in [9.17, 15) is 4.79 Å². The number of ether oxygens (including phenoxy) is 1. The smallest absolute Gasteiger partial charge is 0.343 e. The van der Waals surface area contributed by atoms with Crippen LogP contribution in [0.5, 0.6) is 5.75 Å². The minimum atomic E-state index is -0.406. The second kappa shape index (κ2) is 10.8. The van der Waals surface area contributed by atoms with Crippen LogP contribution in [-0.2, 0) is 0 Å². The summed E-state index contributed by atoms with van der Waals surface area (Å²) in [7, 11) is 0. The van der Waals surface area contributed by atoms with Crippen molar-refractivity contribution in [2.24, 2.45) is 10.2 Å². The van der Waals surface area contributed by atoms with Crippen LogP contribution in [0.3, 0.4) is 0 Å². The van der Waals surface area contributed by atoms with Crippen LogP contribution in [0, 0.1) is 0 Å². The van der Waals surface area contributed by atoms with Gasteiger partial charge < -0.3 is 10.5 Å². The number of benzene rings is 3. The van der Waals surface area contributed by atoms with E-state index in [1.807, 2.05) is 12.1 Å². The Balaban J connectivity index is 1.41. The molecule has 2 N–H and O–H groups in total. The van der Waals surface area contributed by atoms with E-state index in [1.54, 1.807) is 48.6 Å². The van der Waals surface area contributed by atoms with Crippen molar-refractivity contribution in [3.63, 3.8) is 0 Å². The van der Waals surface area contributed by atoms with Crippen molar-refractivity contribution in [3.05, 3.63) is 96.1 Å². The molecule has 4 rings (SSSR count). The molecule has 0 unspecified atom stereocenters. The van der Waals surface area contributed by atoms with Gasteiger partial charge in [0.2, 0.25) is 0 Å². The highest BCUT2D eigenvalue weighted by molar-refractivity contribution is 5.91. The number of rotatable bonds is 7. The zero-order chi connectivity index (χ0) is 23.9. The van der Waals surface area contributed by atoms with Crippen molar-refractivity contribution in [3.8, 4) is 5.75 Å². The van der Waals surface area contributed by atoms with Crippen molar-refractivity contribution in [2.75, 3.05) is 5.73 Å². The number of carbonyl (C=O) groups excluding carboxylic acids is 1. The van der Waals surface area contributed by atoms with Crippen LogP contribution < -0.4 is 10.5 Å². The maximum absolute atomic E-state index is 12.6.